The highest BCUT2D eigenvalue weighted by molar-refractivity contribution is 5.67. The second-order valence-corrected chi connectivity index (χ2v) is 4.01. The number of hydrogen-bond acceptors (Lipinski definition) is 5. The highest BCUT2D eigenvalue weighted by atomic mass is 16.5. The van der Waals surface area contributed by atoms with Gasteiger partial charge < -0.3 is 4.74 Å². The topological polar surface area (TPSA) is 106 Å². The summed E-state index contributed by atoms with van der Waals surface area (Å²) in [6.07, 6.45) is 2.05. The Morgan fingerprint density at radius 3 is 3.06 bits per heavy atom. The van der Waals surface area contributed by atoms with Crippen molar-refractivity contribution in [3.8, 4) is 0 Å². The highest BCUT2D eigenvalue weighted by Crippen LogP contribution is 2.14. The quantitative estimate of drug-likeness (QED) is 0.696. The second kappa shape index (κ2) is 3.81. The van der Waals surface area contributed by atoms with Crippen LogP contribution in [-0.4, -0.2) is 37.7 Å². The van der Waals surface area contributed by atoms with E-state index < -0.39 is 11.2 Å². The molecule has 0 amide bonds. The van der Waals surface area contributed by atoms with Gasteiger partial charge in [-0.05, 0) is 12.8 Å². The van der Waals surface area contributed by atoms with Gasteiger partial charge in [0.2, 0.25) is 0 Å². The van der Waals surface area contributed by atoms with Crippen LogP contribution in [0.15, 0.2) is 9.59 Å². The molecule has 1 aliphatic heterocycles. The van der Waals surface area contributed by atoms with E-state index in [1.165, 1.54) is 4.68 Å². The Labute approximate surface area is 94.6 Å². The summed E-state index contributed by atoms with van der Waals surface area (Å²) >= 11 is 0. The molecule has 3 rings (SSSR count). The van der Waals surface area contributed by atoms with Gasteiger partial charge in [0, 0.05) is 6.61 Å². The van der Waals surface area contributed by atoms with E-state index in [1.54, 1.807) is 0 Å². The second-order valence-electron chi connectivity index (χ2n) is 4.01. The molecule has 0 aromatic carbocycles. The number of aromatic amines is 2. The summed E-state index contributed by atoms with van der Waals surface area (Å²) in [6, 6.07) is 0. The molecule has 90 valence electrons. The number of fused-ring (bicyclic) bond motifs is 1. The number of rotatable bonds is 2. The molecule has 8 nitrogen and oxygen atoms in total. The summed E-state index contributed by atoms with van der Waals surface area (Å²) in [5.41, 5.74) is -0.599. The molecule has 0 aliphatic carbocycles. The van der Waals surface area contributed by atoms with Crippen LogP contribution in [0.3, 0.4) is 0 Å². The Morgan fingerprint density at radius 2 is 2.29 bits per heavy atom. The average Bonchev–Trinajstić information content (AvgIpc) is 2.89. The van der Waals surface area contributed by atoms with Gasteiger partial charge in [0.15, 0.2) is 11.2 Å². The van der Waals surface area contributed by atoms with Crippen molar-refractivity contribution in [1.29, 1.82) is 0 Å². The Kier molecular flexibility index (Phi) is 2.29. The van der Waals surface area contributed by atoms with Gasteiger partial charge in [0.05, 0.1) is 12.6 Å². The summed E-state index contributed by atoms with van der Waals surface area (Å²) in [5, 5.41) is 7.60. The van der Waals surface area contributed by atoms with Crippen molar-refractivity contribution in [1.82, 2.24) is 25.0 Å². The Bertz CT molecular complexity index is 648. The zero-order valence-corrected chi connectivity index (χ0v) is 8.97. The molecular formula is C9H11N5O3. The normalized spacial score (nSPS) is 20.1. The molecule has 1 saturated heterocycles. The molecule has 2 aromatic rings. The van der Waals surface area contributed by atoms with Gasteiger partial charge in [-0.3, -0.25) is 14.8 Å². The SMILES string of the molecule is O=c1[nH]c(=O)c2nnn(C[C@@H]3CCCO3)c2[nH]1. The molecule has 0 saturated carbocycles. The van der Waals surface area contributed by atoms with E-state index >= 15 is 0 Å². The van der Waals surface area contributed by atoms with Crippen molar-refractivity contribution in [3.63, 3.8) is 0 Å². The molecule has 0 unspecified atom stereocenters. The zero-order chi connectivity index (χ0) is 11.8. The first-order chi connectivity index (χ1) is 8.24. The fourth-order valence-electron chi connectivity index (χ4n) is 2.00. The molecular weight excluding hydrogens is 226 g/mol. The molecule has 8 heteroatoms. The lowest BCUT2D eigenvalue weighted by molar-refractivity contribution is 0.0944. The summed E-state index contributed by atoms with van der Waals surface area (Å²) in [4.78, 5) is 27.2. The van der Waals surface area contributed by atoms with Gasteiger partial charge in [-0.1, -0.05) is 5.21 Å². The molecule has 1 fully saturated rings. The number of hydrogen-bond donors (Lipinski definition) is 2. The molecule has 1 atom stereocenters. The first kappa shape index (κ1) is 10.2. The summed E-state index contributed by atoms with van der Waals surface area (Å²) in [6.45, 7) is 1.24. The van der Waals surface area contributed by atoms with Gasteiger partial charge in [-0.25, -0.2) is 9.48 Å². The lowest BCUT2D eigenvalue weighted by atomic mass is 10.2. The fraction of sp³-hybridized carbons (Fsp3) is 0.556. The lowest BCUT2D eigenvalue weighted by Crippen LogP contribution is -2.23. The van der Waals surface area contributed by atoms with Crippen molar-refractivity contribution >= 4 is 11.2 Å². The molecule has 0 spiro atoms. The molecule has 2 aromatic heterocycles. The van der Waals surface area contributed by atoms with Crippen LogP contribution in [0, 0.1) is 0 Å². The third kappa shape index (κ3) is 1.76. The van der Waals surface area contributed by atoms with E-state index in [0.29, 0.717) is 12.2 Å². The fourth-order valence-corrected chi connectivity index (χ4v) is 2.00. The van der Waals surface area contributed by atoms with E-state index in [1.807, 2.05) is 0 Å². The highest BCUT2D eigenvalue weighted by Gasteiger charge is 2.18. The maximum Gasteiger partial charge on any atom is 0.327 e. The average molecular weight is 237 g/mol. The van der Waals surface area contributed by atoms with Crippen molar-refractivity contribution in [2.45, 2.75) is 25.5 Å². The van der Waals surface area contributed by atoms with E-state index in [2.05, 4.69) is 20.3 Å². The minimum atomic E-state index is -0.557. The van der Waals surface area contributed by atoms with Crippen LogP contribution in [0.4, 0.5) is 0 Å². The molecule has 2 N–H and O–H groups in total. The molecule has 0 bridgehead atoms. The number of nitrogens with one attached hydrogen (secondary N) is 2. The lowest BCUT2D eigenvalue weighted by Gasteiger charge is -2.08. The van der Waals surface area contributed by atoms with Crippen LogP contribution < -0.4 is 11.2 Å². The Morgan fingerprint density at radius 1 is 1.41 bits per heavy atom. The first-order valence-electron chi connectivity index (χ1n) is 5.41. The van der Waals surface area contributed by atoms with E-state index in [4.69, 9.17) is 4.74 Å². The molecule has 0 radical (unpaired) electrons. The van der Waals surface area contributed by atoms with Crippen molar-refractivity contribution in [2.24, 2.45) is 0 Å². The summed E-state index contributed by atoms with van der Waals surface area (Å²) in [5.74, 6) is 0. The van der Waals surface area contributed by atoms with Crippen LogP contribution in [0.2, 0.25) is 0 Å². The van der Waals surface area contributed by atoms with Crippen molar-refractivity contribution in [3.05, 3.63) is 20.8 Å². The van der Waals surface area contributed by atoms with E-state index in [9.17, 15) is 9.59 Å². The predicted molar refractivity (Wildman–Crippen MR) is 57.7 cm³/mol. The smallest absolute Gasteiger partial charge is 0.327 e. The van der Waals surface area contributed by atoms with E-state index in [-0.39, 0.29) is 11.6 Å². The number of H-pyrrole nitrogens is 2. The van der Waals surface area contributed by atoms with Crippen molar-refractivity contribution in [2.75, 3.05) is 6.61 Å². The Balaban J connectivity index is 2.05. The summed E-state index contributed by atoms with van der Waals surface area (Å²) < 4.78 is 6.97. The van der Waals surface area contributed by atoms with Crippen LogP contribution >= 0.6 is 0 Å². The van der Waals surface area contributed by atoms with E-state index in [0.717, 1.165) is 19.4 Å². The minimum Gasteiger partial charge on any atom is -0.376 e. The third-order valence-electron chi connectivity index (χ3n) is 2.81. The molecule has 3 heterocycles. The van der Waals surface area contributed by atoms with Crippen LogP contribution in [0.25, 0.3) is 11.2 Å². The van der Waals surface area contributed by atoms with Gasteiger partial charge in [-0.15, -0.1) is 5.10 Å². The van der Waals surface area contributed by atoms with Gasteiger partial charge >= 0.3 is 5.69 Å². The maximum atomic E-state index is 11.4. The minimum absolute atomic E-state index is 0.0719. The maximum absolute atomic E-state index is 11.4. The first-order valence-corrected chi connectivity index (χ1v) is 5.41. The molecule has 1 aliphatic rings. The predicted octanol–water partition coefficient (Wildman–Crippen LogP) is -1.01. The number of nitrogens with zero attached hydrogens (tertiary/aromatic N) is 3. The van der Waals surface area contributed by atoms with Crippen LogP contribution in [-0.2, 0) is 11.3 Å². The van der Waals surface area contributed by atoms with Gasteiger partial charge in [0.1, 0.15) is 0 Å². The third-order valence-corrected chi connectivity index (χ3v) is 2.81. The van der Waals surface area contributed by atoms with Crippen LogP contribution in [0.1, 0.15) is 12.8 Å². The van der Waals surface area contributed by atoms with Gasteiger partial charge in [-0.2, -0.15) is 0 Å². The van der Waals surface area contributed by atoms with Gasteiger partial charge in [0.25, 0.3) is 5.56 Å². The molecule has 17 heavy (non-hydrogen) atoms. The largest absolute Gasteiger partial charge is 0.376 e. The monoisotopic (exact) mass is 237 g/mol. The number of ether oxygens (including phenoxy) is 1. The van der Waals surface area contributed by atoms with Crippen LogP contribution in [0.5, 0.6) is 0 Å². The summed E-state index contributed by atoms with van der Waals surface area (Å²) in [7, 11) is 0. The zero-order valence-electron chi connectivity index (χ0n) is 8.97. The standard InChI is InChI=1S/C9H11N5O3/c15-8-6-7(10-9(16)11-8)14(13-12-6)4-5-2-1-3-17-5/h5H,1-4H2,(H2,10,11,15,16)/t5-/m0/s1. The number of aromatic nitrogens is 5. The Hall–Kier alpha value is -1.96. The van der Waals surface area contributed by atoms with Crippen molar-refractivity contribution < 1.29 is 4.74 Å².